The first kappa shape index (κ1) is 22.6. The van der Waals surface area contributed by atoms with E-state index in [1.807, 2.05) is 6.07 Å². The molecule has 2 aliphatic rings. The van der Waals surface area contributed by atoms with Crippen molar-refractivity contribution < 1.29 is 36.8 Å². The van der Waals surface area contributed by atoms with Crippen LogP contribution in [-0.2, 0) is 40.8 Å². The number of amides is 2. The largest absolute Gasteiger partial charge is 0.363 e. The monoisotopic (exact) mass is 448 g/mol. The minimum Gasteiger partial charge on any atom is -0.363 e. The first-order valence-electron chi connectivity index (χ1n) is 9.14. The summed E-state index contributed by atoms with van der Waals surface area (Å²) < 4.78 is 42.6. The number of carbonyl (C=O) groups excluding carboxylic acids is 3. The smallest absolute Gasteiger partial charge is 0.362 e. The number of rotatable bonds is 8. The second kappa shape index (κ2) is 8.96. The molecular formula is C20H20N2O8S. The number of nitrogens with zero attached hydrogens (tertiary/aromatic N) is 1. The van der Waals surface area contributed by atoms with Gasteiger partial charge in [-0.15, -0.1) is 0 Å². The highest BCUT2D eigenvalue weighted by Crippen LogP contribution is 2.29. The van der Waals surface area contributed by atoms with E-state index >= 15 is 0 Å². The van der Waals surface area contributed by atoms with Crippen LogP contribution in [0.5, 0.6) is 0 Å². The van der Waals surface area contributed by atoms with Crippen molar-refractivity contribution in [1.29, 1.82) is 0 Å². The second-order valence-corrected chi connectivity index (χ2v) is 8.19. The zero-order valence-electron chi connectivity index (χ0n) is 16.4. The summed E-state index contributed by atoms with van der Waals surface area (Å²) in [5.41, 5.74) is -1.05. The highest BCUT2D eigenvalue weighted by atomic mass is 32.2. The molecule has 2 amide bonds. The van der Waals surface area contributed by atoms with Gasteiger partial charge in [0.15, 0.2) is 0 Å². The van der Waals surface area contributed by atoms with Crippen molar-refractivity contribution in [1.82, 2.24) is 9.62 Å². The zero-order chi connectivity index (χ0) is 22.6. The maximum atomic E-state index is 13.1. The van der Waals surface area contributed by atoms with Gasteiger partial charge in [0.05, 0.1) is 13.2 Å². The Morgan fingerprint density at radius 1 is 1.35 bits per heavy atom. The summed E-state index contributed by atoms with van der Waals surface area (Å²) in [5.74, 6) is -0.982. The molecule has 3 rings (SSSR count). The van der Waals surface area contributed by atoms with Gasteiger partial charge in [0, 0.05) is 18.6 Å². The average molecular weight is 448 g/mol. The van der Waals surface area contributed by atoms with E-state index in [4.69, 9.17) is 14.0 Å². The molecule has 164 valence electrons. The number of hydrogen-bond donors (Lipinski definition) is 2. The van der Waals surface area contributed by atoms with Crippen LogP contribution < -0.4 is 5.32 Å². The topological polar surface area (TPSA) is 139 Å². The number of ether oxygens (including phenoxy) is 2. The Hall–Kier alpha value is -3.08. The molecule has 1 aromatic rings. The van der Waals surface area contributed by atoms with Crippen molar-refractivity contribution in [3.05, 3.63) is 65.8 Å². The molecule has 0 saturated carbocycles. The molecule has 31 heavy (non-hydrogen) atoms. The maximum absolute atomic E-state index is 13.1. The Labute approximate surface area is 178 Å². The van der Waals surface area contributed by atoms with Gasteiger partial charge in [-0.3, -0.25) is 14.1 Å². The van der Waals surface area contributed by atoms with E-state index in [0.29, 0.717) is 0 Å². The van der Waals surface area contributed by atoms with Crippen LogP contribution in [0.1, 0.15) is 5.56 Å². The lowest BCUT2D eigenvalue weighted by atomic mass is 9.89. The van der Waals surface area contributed by atoms with Crippen LogP contribution in [0, 0.1) is 5.92 Å². The van der Waals surface area contributed by atoms with Gasteiger partial charge in [0.2, 0.25) is 5.72 Å². The minimum atomic E-state index is -4.79. The van der Waals surface area contributed by atoms with Crippen molar-refractivity contribution in [2.24, 2.45) is 5.92 Å². The third-order valence-corrected chi connectivity index (χ3v) is 5.78. The molecule has 1 saturated heterocycles. The van der Waals surface area contributed by atoms with Gasteiger partial charge in [0.1, 0.15) is 12.0 Å². The summed E-state index contributed by atoms with van der Waals surface area (Å²) in [6, 6.07) is 8.99. The van der Waals surface area contributed by atoms with Crippen LogP contribution in [0.15, 0.2) is 60.2 Å². The summed E-state index contributed by atoms with van der Waals surface area (Å²) in [6.07, 6.45) is 5.07. The molecule has 0 bridgehead atoms. The molecule has 0 radical (unpaired) electrons. The Balaban J connectivity index is 1.83. The fraction of sp³-hybridized carbons (Fsp3) is 0.300. The Kier molecular flexibility index (Phi) is 6.54. The summed E-state index contributed by atoms with van der Waals surface area (Å²) in [5, 5.41) is 2.36. The van der Waals surface area contributed by atoms with Crippen LogP contribution in [0.3, 0.4) is 0 Å². The molecule has 1 aromatic carbocycles. The van der Waals surface area contributed by atoms with E-state index in [0.717, 1.165) is 12.7 Å². The molecule has 10 nitrogen and oxygen atoms in total. The van der Waals surface area contributed by atoms with Crippen LogP contribution >= 0.6 is 0 Å². The lowest BCUT2D eigenvalue weighted by Gasteiger charge is -2.45. The molecule has 1 heterocycles. The third kappa shape index (κ3) is 4.66. The molecule has 1 aliphatic carbocycles. The standard InChI is InChI=1S/C20H20N2O8S/c1-29-20(13-22(19(20)25)31(26,27)28)21-18(24)17(16-10-6-5-9-15(16)11-23)30-12-14-7-3-2-4-8-14/h2-10,16-17H,12-13H2,1H3,(H,21,24)(H,26,27,28). The molecule has 11 heteroatoms. The van der Waals surface area contributed by atoms with Gasteiger partial charge >= 0.3 is 10.3 Å². The van der Waals surface area contributed by atoms with Crippen LogP contribution in [0.25, 0.3) is 0 Å². The van der Waals surface area contributed by atoms with Gasteiger partial charge in [-0.25, -0.2) is 9.10 Å². The molecule has 3 atom stereocenters. The van der Waals surface area contributed by atoms with E-state index in [2.05, 4.69) is 5.32 Å². The number of benzene rings is 1. The predicted octanol–water partition coefficient (Wildman–Crippen LogP) is 0.176. The van der Waals surface area contributed by atoms with E-state index in [-0.39, 0.29) is 16.5 Å². The summed E-state index contributed by atoms with van der Waals surface area (Å²) in [4.78, 5) is 36.8. The Morgan fingerprint density at radius 3 is 2.65 bits per heavy atom. The second-order valence-electron chi connectivity index (χ2n) is 6.85. The van der Waals surface area contributed by atoms with E-state index < -0.39 is 46.4 Å². The van der Waals surface area contributed by atoms with Gasteiger partial charge in [-0.1, -0.05) is 48.6 Å². The fourth-order valence-electron chi connectivity index (χ4n) is 3.23. The number of hydrogen-bond acceptors (Lipinski definition) is 7. The van der Waals surface area contributed by atoms with Gasteiger partial charge < -0.3 is 14.8 Å². The van der Waals surface area contributed by atoms with Crippen molar-refractivity contribution in [2.75, 3.05) is 13.7 Å². The normalized spacial score (nSPS) is 23.8. The molecule has 2 N–H and O–H groups in total. The molecule has 1 aliphatic heterocycles. The Morgan fingerprint density at radius 2 is 2.06 bits per heavy atom. The SMILES string of the molecule is COC1(NC(=O)C(OCc2ccccc2)C2C=CC=CC2=C=O)CN(S(=O)(=O)O)C1=O. The zero-order valence-corrected chi connectivity index (χ0v) is 17.2. The molecule has 0 aromatic heterocycles. The fourth-order valence-corrected chi connectivity index (χ4v) is 3.93. The van der Waals surface area contributed by atoms with Crippen molar-refractivity contribution >= 4 is 28.1 Å². The molecule has 1 fully saturated rings. The van der Waals surface area contributed by atoms with Crippen LogP contribution in [0.4, 0.5) is 0 Å². The van der Waals surface area contributed by atoms with Crippen LogP contribution in [0.2, 0.25) is 0 Å². The highest BCUT2D eigenvalue weighted by Gasteiger charge is 2.59. The number of methoxy groups -OCH3 is 1. The Bertz CT molecular complexity index is 1080. The molecule has 0 spiro atoms. The lowest BCUT2D eigenvalue weighted by molar-refractivity contribution is -0.182. The highest BCUT2D eigenvalue weighted by molar-refractivity contribution is 7.84. The van der Waals surface area contributed by atoms with Crippen molar-refractivity contribution in [3.63, 3.8) is 0 Å². The summed E-state index contributed by atoms with van der Waals surface area (Å²) in [6.45, 7) is -0.584. The number of carbonyl (C=O) groups is 2. The number of β-lactam (4-membered cyclic amide) rings is 1. The first-order valence-corrected chi connectivity index (χ1v) is 10.5. The van der Waals surface area contributed by atoms with Gasteiger partial charge in [0.25, 0.3) is 11.8 Å². The van der Waals surface area contributed by atoms with Crippen LogP contribution in [-0.4, -0.2) is 60.5 Å². The predicted molar refractivity (Wildman–Crippen MR) is 107 cm³/mol. The third-order valence-electron chi connectivity index (χ3n) is 4.93. The maximum Gasteiger partial charge on any atom is 0.362 e. The van der Waals surface area contributed by atoms with E-state index in [1.165, 1.54) is 6.08 Å². The van der Waals surface area contributed by atoms with E-state index in [1.54, 1.807) is 48.4 Å². The van der Waals surface area contributed by atoms with Gasteiger partial charge in [-0.05, 0) is 11.6 Å². The van der Waals surface area contributed by atoms with Crippen molar-refractivity contribution in [3.8, 4) is 0 Å². The minimum absolute atomic E-state index is 0.0319. The molecular weight excluding hydrogens is 428 g/mol. The van der Waals surface area contributed by atoms with E-state index in [9.17, 15) is 22.8 Å². The quantitative estimate of drug-likeness (QED) is 0.248. The lowest BCUT2D eigenvalue weighted by Crippen LogP contribution is -2.76. The number of allylic oxidation sites excluding steroid dienone is 3. The van der Waals surface area contributed by atoms with Gasteiger partial charge in [-0.2, -0.15) is 8.42 Å². The average Bonchev–Trinajstić information content (AvgIpc) is 2.76. The number of nitrogens with one attached hydrogen (secondary N) is 1. The summed E-state index contributed by atoms with van der Waals surface area (Å²) >= 11 is 0. The summed E-state index contributed by atoms with van der Waals surface area (Å²) in [7, 11) is -3.68. The molecule has 3 unspecified atom stereocenters. The first-order chi connectivity index (χ1) is 14.7. The van der Waals surface area contributed by atoms with Crippen molar-refractivity contribution in [2.45, 2.75) is 18.4 Å².